The van der Waals surface area contributed by atoms with E-state index in [1.54, 1.807) is 30.3 Å². The van der Waals surface area contributed by atoms with Crippen molar-refractivity contribution in [2.45, 2.75) is 0 Å². The molecule has 2 aromatic rings. The number of halogens is 1. The van der Waals surface area contributed by atoms with E-state index in [9.17, 15) is 4.39 Å². The Morgan fingerprint density at radius 2 is 1.89 bits per heavy atom. The summed E-state index contributed by atoms with van der Waals surface area (Å²) in [5.41, 5.74) is 6.14. The predicted molar refractivity (Wildman–Crippen MR) is 75.4 cm³/mol. The summed E-state index contributed by atoms with van der Waals surface area (Å²) in [5.74, 6) is 0.579. The minimum absolute atomic E-state index is 0.105. The van der Waals surface area contributed by atoms with Gasteiger partial charge < -0.3 is 15.2 Å². The SMILES string of the molecule is COc1ccc(C(N)=S)c(Oc2ccccc2F)c1. The highest BCUT2D eigenvalue weighted by Crippen LogP contribution is 2.30. The molecule has 0 bridgehead atoms. The van der Waals surface area contributed by atoms with Gasteiger partial charge in [0.05, 0.1) is 12.7 Å². The smallest absolute Gasteiger partial charge is 0.165 e. The van der Waals surface area contributed by atoms with Gasteiger partial charge in [-0.25, -0.2) is 4.39 Å². The second kappa shape index (κ2) is 5.67. The highest BCUT2D eigenvalue weighted by Gasteiger charge is 2.11. The second-order valence-electron chi connectivity index (χ2n) is 3.76. The fraction of sp³-hybridized carbons (Fsp3) is 0.0714. The van der Waals surface area contributed by atoms with Crippen LogP contribution in [0.15, 0.2) is 42.5 Å². The maximum atomic E-state index is 13.6. The lowest BCUT2D eigenvalue weighted by molar-refractivity contribution is 0.405. The van der Waals surface area contributed by atoms with Crippen molar-refractivity contribution in [2.24, 2.45) is 5.73 Å². The molecule has 0 aliphatic heterocycles. The topological polar surface area (TPSA) is 44.5 Å². The average Bonchev–Trinajstić information content (AvgIpc) is 2.41. The molecule has 98 valence electrons. The van der Waals surface area contributed by atoms with E-state index in [1.807, 2.05) is 0 Å². The maximum absolute atomic E-state index is 13.6. The maximum Gasteiger partial charge on any atom is 0.165 e. The average molecular weight is 277 g/mol. The molecule has 0 aliphatic carbocycles. The first kappa shape index (κ1) is 13.3. The summed E-state index contributed by atoms with van der Waals surface area (Å²) in [6.45, 7) is 0. The lowest BCUT2D eigenvalue weighted by atomic mass is 10.2. The molecule has 2 N–H and O–H groups in total. The summed E-state index contributed by atoms with van der Waals surface area (Å²) in [7, 11) is 1.53. The van der Waals surface area contributed by atoms with Crippen LogP contribution in [0.5, 0.6) is 17.2 Å². The zero-order chi connectivity index (χ0) is 13.8. The molecular weight excluding hydrogens is 265 g/mol. The van der Waals surface area contributed by atoms with Crippen LogP contribution in [0.4, 0.5) is 4.39 Å². The van der Waals surface area contributed by atoms with E-state index in [1.165, 1.54) is 19.2 Å². The van der Waals surface area contributed by atoms with Crippen molar-refractivity contribution in [3.05, 3.63) is 53.8 Å². The molecule has 0 radical (unpaired) electrons. The van der Waals surface area contributed by atoms with Crippen molar-refractivity contribution in [3.63, 3.8) is 0 Å². The summed E-state index contributed by atoms with van der Waals surface area (Å²) in [6.07, 6.45) is 0. The van der Waals surface area contributed by atoms with E-state index in [4.69, 9.17) is 27.4 Å². The van der Waals surface area contributed by atoms with E-state index in [0.29, 0.717) is 17.1 Å². The quantitative estimate of drug-likeness (QED) is 0.871. The molecule has 0 saturated carbocycles. The fourth-order valence-corrected chi connectivity index (χ4v) is 1.73. The van der Waals surface area contributed by atoms with Gasteiger partial charge in [0.15, 0.2) is 11.6 Å². The Balaban J connectivity index is 2.43. The van der Waals surface area contributed by atoms with Gasteiger partial charge >= 0.3 is 0 Å². The van der Waals surface area contributed by atoms with Gasteiger partial charge in [-0.15, -0.1) is 0 Å². The van der Waals surface area contributed by atoms with Crippen LogP contribution < -0.4 is 15.2 Å². The summed E-state index contributed by atoms with van der Waals surface area (Å²) >= 11 is 4.94. The number of benzene rings is 2. The molecule has 0 spiro atoms. The molecular formula is C14H12FNO2S. The molecule has 19 heavy (non-hydrogen) atoms. The zero-order valence-corrected chi connectivity index (χ0v) is 11.0. The molecule has 3 nitrogen and oxygen atoms in total. The molecule has 2 aromatic carbocycles. The predicted octanol–water partition coefficient (Wildman–Crippen LogP) is 3.26. The Kier molecular flexibility index (Phi) is 3.97. The Bertz CT molecular complexity index is 616. The molecule has 0 fully saturated rings. The molecule has 0 amide bonds. The van der Waals surface area contributed by atoms with Crippen LogP contribution in [0.2, 0.25) is 0 Å². The van der Waals surface area contributed by atoms with E-state index in [-0.39, 0.29) is 10.7 Å². The lowest BCUT2D eigenvalue weighted by Crippen LogP contribution is -2.11. The van der Waals surface area contributed by atoms with Crippen LogP contribution >= 0.6 is 12.2 Å². The molecule has 0 aromatic heterocycles. The van der Waals surface area contributed by atoms with Crippen LogP contribution in [0.25, 0.3) is 0 Å². The first-order valence-corrected chi connectivity index (χ1v) is 5.93. The number of hydrogen-bond acceptors (Lipinski definition) is 3. The number of nitrogens with two attached hydrogens (primary N) is 1. The van der Waals surface area contributed by atoms with Crippen LogP contribution in [0.3, 0.4) is 0 Å². The van der Waals surface area contributed by atoms with Crippen LogP contribution in [0, 0.1) is 5.82 Å². The number of para-hydroxylation sites is 1. The van der Waals surface area contributed by atoms with Gasteiger partial charge in [0.1, 0.15) is 16.5 Å². The van der Waals surface area contributed by atoms with Gasteiger partial charge in [-0.2, -0.15) is 0 Å². The van der Waals surface area contributed by atoms with Crippen molar-refractivity contribution < 1.29 is 13.9 Å². The number of thiocarbonyl (C=S) groups is 1. The Hall–Kier alpha value is -2.14. The molecule has 2 rings (SSSR count). The van der Waals surface area contributed by atoms with E-state index in [2.05, 4.69) is 0 Å². The van der Waals surface area contributed by atoms with Crippen molar-refractivity contribution in [2.75, 3.05) is 7.11 Å². The summed E-state index contributed by atoms with van der Waals surface area (Å²) < 4.78 is 24.2. The Morgan fingerprint density at radius 1 is 1.16 bits per heavy atom. The Labute approximate surface area is 115 Å². The normalized spacial score (nSPS) is 10.0. The van der Waals surface area contributed by atoms with Crippen LogP contribution in [-0.2, 0) is 0 Å². The third-order valence-electron chi connectivity index (χ3n) is 2.51. The van der Waals surface area contributed by atoms with Gasteiger partial charge in [-0.1, -0.05) is 24.4 Å². The lowest BCUT2D eigenvalue weighted by Gasteiger charge is -2.12. The first-order valence-electron chi connectivity index (χ1n) is 5.52. The van der Waals surface area contributed by atoms with Crippen molar-refractivity contribution in [1.29, 1.82) is 0 Å². The number of methoxy groups -OCH3 is 1. The summed E-state index contributed by atoms with van der Waals surface area (Å²) in [4.78, 5) is 0.175. The van der Waals surface area contributed by atoms with E-state index >= 15 is 0 Å². The third kappa shape index (κ3) is 3.00. The minimum Gasteiger partial charge on any atom is -0.497 e. The fourth-order valence-electron chi connectivity index (χ4n) is 1.56. The summed E-state index contributed by atoms with van der Waals surface area (Å²) in [5, 5.41) is 0. The zero-order valence-electron chi connectivity index (χ0n) is 10.2. The van der Waals surface area contributed by atoms with Crippen molar-refractivity contribution in [3.8, 4) is 17.2 Å². The molecule has 5 heteroatoms. The highest BCUT2D eigenvalue weighted by molar-refractivity contribution is 7.80. The van der Waals surface area contributed by atoms with Gasteiger partial charge in [-0.05, 0) is 24.3 Å². The molecule has 0 saturated heterocycles. The molecule has 0 aliphatic rings. The monoisotopic (exact) mass is 277 g/mol. The van der Waals surface area contributed by atoms with Gasteiger partial charge in [-0.3, -0.25) is 0 Å². The molecule has 0 unspecified atom stereocenters. The Morgan fingerprint density at radius 3 is 2.53 bits per heavy atom. The molecule has 0 heterocycles. The van der Waals surface area contributed by atoms with Crippen molar-refractivity contribution in [1.82, 2.24) is 0 Å². The summed E-state index contributed by atoms with van der Waals surface area (Å²) in [6, 6.07) is 11.1. The number of rotatable bonds is 4. The van der Waals surface area contributed by atoms with Crippen LogP contribution in [0.1, 0.15) is 5.56 Å². The molecule has 0 atom stereocenters. The van der Waals surface area contributed by atoms with Crippen LogP contribution in [-0.4, -0.2) is 12.1 Å². The van der Waals surface area contributed by atoms with E-state index < -0.39 is 5.82 Å². The minimum atomic E-state index is -0.459. The second-order valence-corrected chi connectivity index (χ2v) is 4.20. The van der Waals surface area contributed by atoms with Gasteiger partial charge in [0.25, 0.3) is 0 Å². The number of ether oxygens (including phenoxy) is 2. The van der Waals surface area contributed by atoms with E-state index in [0.717, 1.165) is 0 Å². The largest absolute Gasteiger partial charge is 0.497 e. The number of hydrogen-bond donors (Lipinski definition) is 1. The third-order valence-corrected chi connectivity index (χ3v) is 2.73. The standard InChI is InChI=1S/C14H12FNO2S/c1-17-9-6-7-10(14(16)19)13(8-9)18-12-5-3-2-4-11(12)15/h2-8H,1H3,(H2,16,19). The van der Waals surface area contributed by atoms with Crippen molar-refractivity contribution >= 4 is 17.2 Å². The first-order chi connectivity index (χ1) is 9.11. The highest BCUT2D eigenvalue weighted by atomic mass is 32.1. The van der Waals surface area contributed by atoms with Gasteiger partial charge in [0.2, 0.25) is 0 Å². The van der Waals surface area contributed by atoms with Gasteiger partial charge in [0, 0.05) is 6.07 Å².